The van der Waals surface area contributed by atoms with Crippen molar-refractivity contribution in [2.45, 2.75) is 77.7 Å². The van der Waals surface area contributed by atoms with Gasteiger partial charge in [-0.25, -0.2) is 4.79 Å². The Bertz CT molecular complexity index is 600. The summed E-state index contributed by atoms with van der Waals surface area (Å²) in [4.78, 5) is 48.7. The van der Waals surface area contributed by atoms with Gasteiger partial charge in [-0.3, -0.25) is 14.4 Å². The molecule has 0 bridgehead atoms. The van der Waals surface area contributed by atoms with Crippen LogP contribution in [0.25, 0.3) is 0 Å². The number of aliphatic hydroxyl groups excluding tert-OH is 1. The number of hydrogen-bond donors (Lipinski definition) is 7. The Labute approximate surface area is 183 Å². The highest BCUT2D eigenvalue weighted by Crippen LogP contribution is 2.08. The predicted molar refractivity (Wildman–Crippen MR) is 116 cm³/mol. The van der Waals surface area contributed by atoms with Crippen LogP contribution in [0.15, 0.2) is 0 Å². The van der Waals surface area contributed by atoms with Crippen LogP contribution in [-0.4, -0.2) is 69.9 Å². The summed E-state index contributed by atoms with van der Waals surface area (Å²) in [7, 11) is 0. The van der Waals surface area contributed by atoms with Gasteiger partial charge in [-0.05, 0) is 31.6 Å². The lowest BCUT2D eigenvalue weighted by molar-refractivity contribution is -0.141. The van der Waals surface area contributed by atoms with Crippen molar-refractivity contribution >= 4 is 36.3 Å². The normalized spacial score (nSPS) is 16.3. The monoisotopic (exact) mass is 448 g/mol. The van der Waals surface area contributed by atoms with E-state index in [4.69, 9.17) is 10.8 Å². The number of carbonyl (C=O) groups is 4. The summed E-state index contributed by atoms with van der Waals surface area (Å²) in [6.45, 7) is 8.79. The summed E-state index contributed by atoms with van der Waals surface area (Å²) >= 11 is 3.90. The van der Waals surface area contributed by atoms with E-state index in [0.717, 1.165) is 0 Å². The lowest BCUT2D eigenvalue weighted by Gasteiger charge is -2.27. The Morgan fingerprint density at radius 1 is 0.833 bits per heavy atom. The summed E-state index contributed by atoms with van der Waals surface area (Å²) in [5.74, 6) is -3.25. The summed E-state index contributed by atoms with van der Waals surface area (Å²) in [6.07, 6.45) is -0.616. The molecule has 0 aromatic heterocycles. The molecular formula is C19H36N4O6S. The molecule has 0 fully saturated rings. The van der Waals surface area contributed by atoms with Crippen molar-refractivity contribution < 1.29 is 29.4 Å². The lowest BCUT2D eigenvalue weighted by Crippen LogP contribution is -2.60. The summed E-state index contributed by atoms with van der Waals surface area (Å²) < 4.78 is 0. The Balaban J connectivity index is 5.33. The molecule has 3 amide bonds. The average molecular weight is 449 g/mol. The second-order valence-corrected chi connectivity index (χ2v) is 8.60. The molecule has 11 heteroatoms. The molecule has 0 saturated carbocycles. The third-order valence-corrected chi connectivity index (χ3v) is 4.63. The molecule has 5 unspecified atom stereocenters. The largest absolute Gasteiger partial charge is 0.480 e. The third-order valence-electron chi connectivity index (χ3n) is 4.26. The number of carboxylic acid groups (broad SMARTS) is 1. The first-order valence-electron chi connectivity index (χ1n) is 9.98. The van der Waals surface area contributed by atoms with Crippen LogP contribution in [0.2, 0.25) is 0 Å². The molecule has 0 aromatic carbocycles. The minimum Gasteiger partial charge on any atom is -0.480 e. The van der Waals surface area contributed by atoms with Crippen LogP contribution in [0, 0.1) is 11.8 Å². The van der Waals surface area contributed by atoms with Gasteiger partial charge in [0.2, 0.25) is 17.7 Å². The van der Waals surface area contributed by atoms with E-state index in [0.29, 0.717) is 6.42 Å². The van der Waals surface area contributed by atoms with Gasteiger partial charge in [-0.15, -0.1) is 0 Å². The predicted octanol–water partition coefficient (Wildman–Crippen LogP) is -0.744. The van der Waals surface area contributed by atoms with Crippen molar-refractivity contribution in [3.8, 4) is 0 Å². The van der Waals surface area contributed by atoms with Crippen molar-refractivity contribution in [1.82, 2.24) is 16.0 Å². The minimum absolute atomic E-state index is 0.000570. The lowest BCUT2D eigenvalue weighted by atomic mass is 10.0. The molecule has 0 saturated heterocycles. The van der Waals surface area contributed by atoms with Crippen LogP contribution in [0.5, 0.6) is 0 Å². The third kappa shape index (κ3) is 10.3. The fraction of sp³-hybridized carbons (Fsp3) is 0.789. The van der Waals surface area contributed by atoms with Gasteiger partial charge < -0.3 is 31.9 Å². The molecule has 0 aliphatic carbocycles. The van der Waals surface area contributed by atoms with Gasteiger partial charge in [0.05, 0.1) is 12.1 Å². The maximum absolute atomic E-state index is 12.7. The van der Waals surface area contributed by atoms with Gasteiger partial charge in [0.1, 0.15) is 18.1 Å². The smallest absolute Gasteiger partial charge is 0.327 e. The van der Waals surface area contributed by atoms with Gasteiger partial charge in [0.15, 0.2) is 0 Å². The quantitative estimate of drug-likeness (QED) is 0.182. The zero-order valence-corrected chi connectivity index (χ0v) is 19.1. The fourth-order valence-electron chi connectivity index (χ4n) is 2.70. The Hall–Kier alpha value is -1.85. The number of nitrogens with two attached hydrogens (primary N) is 1. The molecule has 0 aliphatic rings. The molecule has 10 nitrogen and oxygen atoms in total. The number of rotatable bonds is 13. The number of aliphatic hydroxyl groups is 1. The van der Waals surface area contributed by atoms with E-state index in [2.05, 4.69) is 28.6 Å². The van der Waals surface area contributed by atoms with E-state index in [-0.39, 0.29) is 24.0 Å². The molecule has 0 heterocycles. The Morgan fingerprint density at radius 3 is 1.73 bits per heavy atom. The zero-order valence-electron chi connectivity index (χ0n) is 18.2. The molecule has 0 spiro atoms. The van der Waals surface area contributed by atoms with E-state index in [1.165, 1.54) is 6.92 Å². The first kappa shape index (κ1) is 28.1. The van der Waals surface area contributed by atoms with Crippen LogP contribution in [0.4, 0.5) is 0 Å². The van der Waals surface area contributed by atoms with Crippen LogP contribution >= 0.6 is 12.6 Å². The number of nitrogens with one attached hydrogen (secondary N) is 3. The van der Waals surface area contributed by atoms with Gasteiger partial charge in [-0.2, -0.15) is 12.6 Å². The van der Waals surface area contributed by atoms with Crippen molar-refractivity contribution in [3.63, 3.8) is 0 Å². The van der Waals surface area contributed by atoms with Gasteiger partial charge in [0, 0.05) is 5.75 Å². The van der Waals surface area contributed by atoms with Crippen molar-refractivity contribution in [3.05, 3.63) is 0 Å². The van der Waals surface area contributed by atoms with E-state index in [1.807, 2.05) is 27.7 Å². The molecular weight excluding hydrogens is 412 g/mol. The zero-order chi connectivity index (χ0) is 23.6. The molecule has 0 radical (unpaired) electrons. The van der Waals surface area contributed by atoms with Crippen LogP contribution in [0.3, 0.4) is 0 Å². The topological polar surface area (TPSA) is 171 Å². The average Bonchev–Trinajstić information content (AvgIpc) is 2.61. The van der Waals surface area contributed by atoms with Gasteiger partial charge in [0.25, 0.3) is 0 Å². The highest BCUT2D eigenvalue weighted by Gasteiger charge is 2.32. The standard InChI is InChI=1S/C19H36N4O6S/c1-9(2)6-12(20)16(25)23-15(11(5)24)18(27)21-13(7-10(3)4)17(26)22-14(8-30)19(28)29/h9-15,24,30H,6-8,20H2,1-5H3,(H,21,27)(H,22,26)(H,23,25)(H,28,29). The molecule has 0 aromatic rings. The molecule has 7 N–H and O–H groups in total. The molecule has 0 aliphatic heterocycles. The maximum Gasteiger partial charge on any atom is 0.327 e. The first-order valence-corrected chi connectivity index (χ1v) is 10.6. The number of aliphatic carboxylic acids is 1. The number of amides is 3. The summed E-state index contributed by atoms with van der Waals surface area (Å²) in [6, 6.07) is -4.44. The van der Waals surface area contributed by atoms with E-state index in [1.54, 1.807) is 0 Å². The number of carbonyl (C=O) groups excluding carboxylic acids is 3. The summed E-state index contributed by atoms with van der Waals surface area (Å²) in [5, 5.41) is 26.3. The van der Waals surface area contributed by atoms with Gasteiger partial charge in [-0.1, -0.05) is 27.7 Å². The second kappa shape index (κ2) is 13.5. The highest BCUT2D eigenvalue weighted by molar-refractivity contribution is 7.80. The minimum atomic E-state index is -1.32. The number of hydrogen-bond acceptors (Lipinski definition) is 7. The Kier molecular flexibility index (Phi) is 12.6. The van der Waals surface area contributed by atoms with Crippen LogP contribution < -0.4 is 21.7 Å². The van der Waals surface area contributed by atoms with Gasteiger partial charge >= 0.3 is 5.97 Å². The van der Waals surface area contributed by atoms with E-state index in [9.17, 15) is 24.3 Å². The molecule has 30 heavy (non-hydrogen) atoms. The first-order chi connectivity index (χ1) is 13.8. The van der Waals surface area contributed by atoms with Crippen molar-refractivity contribution in [2.24, 2.45) is 17.6 Å². The Morgan fingerprint density at radius 2 is 1.33 bits per heavy atom. The van der Waals surface area contributed by atoms with Crippen molar-refractivity contribution in [2.75, 3.05) is 5.75 Å². The molecule has 0 rings (SSSR count). The highest BCUT2D eigenvalue weighted by atomic mass is 32.1. The fourth-order valence-corrected chi connectivity index (χ4v) is 2.95. The SMILES string of the molecule is CC(C)CC(N)C(=O)NC(C(=O)NC(CC(C)C)C(=O)NC(CS)C(=O)O)C(C)O. The number of thiol groups is 1. The summed E-state index contributed by atoms with van der Waals surface area (Å²) in [5.41, 5.74) is 5.83. The van der Waals surface area contributed by atoms with Crippen molar-refractivity contribution in [1.29, 1.82) is 0 Å². The van der Waals surface area contributed by atoms with Crippen LogP contribution in [-0.2, 0) is 19.2 Å². The maximum atomic E-state index is 12.7. The number of carboxylic acids is 1. The second-order valence-electron chi connectivity index (χ2n) is 8.24. The molecule has 174 valence electrons. The van der Waals surface area contributed by atoms with E-state index < -0.39 is 54.0 Å². The molecule has 5 atom stereocenters. The van der Waals surface area contributed by atoms with Crippen LogP contribution in [0.1, 0.15) is 47.5 Å². The van der Waals surface area contributed by atoms with E-state index >= 15 is 0 Å².